The van der Waals surface area contributed by atoms with Crippen molar-refractivity contribution in [1.29, 1.82) is 0 Å². The molecule has 0 aliphatic carbocycles. The summed E-state index contributed by atoms with van der Waals surface area (Å²) >= 11 is 0. The topological polar surface area (TPSA) is 305 Å². The van der Waals surface area contributed by atoms with E-state index in [1.165, 1.54) is 12.8 Å². The number of rotatable bonds is 16. The molecule has 2 heterocycles. The SMILES string of the molecule is C.CCC(C)CCC(=O)[C@@H](O)[C@@H](O)[C@H](O)[C@@H](O)C(=O)NCC(C)CC.CCC(C)C[NH3+].CCC(C)C[NH3+].O=C1O[C@H]2[C@H](OC(=O)[C@@H]2O)[C@@H]1O.[Cl-].[Cl-].[Na+].[OH-]. The number of amides is 1. The number of quaternary nitrogens is 2. The van der Waals surface area contributed by atoms with Crippen molar-refractivity contribution in [3.8, 4) is 0 Å². The van der Waals surface area contributed by atoms with E-state index in [9.17, 15) is 39.6 Å². The first kappa shape index (κ1) is 67.1. The minimum atomic E-state index is -1.94. The van der Waals surface area contributed by atoms with Crippen molar-refractivity contribution in [3.05, 3.63) is 0 Å². The van der Waals surface area contributed by atoms with Crippen LogP contribution in [0.1, 0.15) is 101 Å². The van der Waals surface area contributed by atoms with Crippen molar-refractivity contribution < 1.29 is 131 Å². The van der Waals surface area contributed by atoms with Crippen molar-refractivity contribution in [2.24, 2.45) is 23.7 Å². The molecular formula is C34H72Cl2N3NaO13. The molecule has 16 nitrogen and oxygen atoms in total. The summed E-state index contributed by atoms with van der Waals surface area (Å²) in [6, 6.07) is 0. The van der Waals surface area contributed by atoms with Crippen molar-refractivity contribution >= 4 is 23.6 Å². The van der Waals surface area contributed by atoms with Gasteiger partial charge in [-0.15, -0.1) is 0 Å². The summed E-state index contributed by atoms with van der Waals surface area (Å²) in [4.78, 5) is 44.9. The zero-order chi connectivity index (χ0) is 37.7. The number of esters is 2. The molecule has 0 aromatic rings. The molecule has 4 unspecified atom stereocenters. The number of ketones is 1. The smallest absolute Gasteiger partial charge is 1.00 e. The molecule has 1 amide bonds. The molecule has 2 aliphatic rings. The van der Waals surface area contributed by atoms with E-state index in [-0.39, 0.29) is 79.6 Å². The van der Waals surface area contributed by atoms with Crippen LogP contribution in [0.15, 0.2) is 0 Å². The maximum Gasteiger partial charge on any atom is 1.00 e. The van der Waals surface area contributed by atoms with Gasteiger partial charge in [-0.25, -0.2) is 9.59 Å². The van der Waals surface area contributed by atoms with Crippen LogP contribution in [0.3, 0.4) is 0 Å². The molecule has 316 valence electrons. The van der Waals surface area contributed by atoms with Gasteiger partial charge in [-0.2, -0.15) is 0 Å². The van der Waals surface area contributed by atoms with Crippen LogP contribution >= 0.6 is 0 Å². The van der Waals surface area contributed by atoms with Gasteiger partial charge in [0.15, 0.2) is 36.3 Å². The van der Waals surface area contributed by atoms with Gasteiger partial charge < -0.3 is 87.2 Å². The summed E-state index contributed by atoms with van der Waals surface area (Å²) in [6.45, 7) is 19.1. The minimum absolute atomic E-state index is 0. The van der Waals surface area contributed by atoms with Crippen LogP contribution in [-0.4, -0.2) is 128 Å². The van der Waals surface area contributed by atoms with E-state index in [2.05, 4.69) is 54.0 Å². The Labute approximate surface area is 351 Å². The zero-order valence-corrected chi connectivity index (χ0v) is 36.1. The van der Waals surface area contributed by atoms with Gasteiger partial charge in [0.05, 0.1) is 13.1 Å². The molecular weight excluding hydrogens is 752 g/mol. The summed E-state index contributed by atoms with van der Waals surface area (Å²) in [5.41, 5.74) is 7.51. The normalized spacial score (nSPS) is 22.2. The van der Waals surface area contributed by atoms with Gasteiger partial charge in [0.2, 0.25) is 0 Å². The third-order valence-electron chi connectivity index (χ3n) is 8.81. The Kier molecular flexibility index (Phi) is 46.7. The molecule has 14 N–H and O–H groups in total. The summed E-state index contributed by atoms with van der Waals surface area (Å²) < 4.78 is 8.99. The maximum atomic E-state index is 11.9. The van der Waals surface area contributed by atoms with E-state index in [0.717, 1.165) is 37.8 Å². The van der Waals surface area contributed by atoms with Gasteiger partial charge in [-0.1, -0.05) is 75.7 Å². The van der Waals surface area contributed by atoms with Crippen molar-refractivity contribution in [3.63, 3.8) is 0 Å². The molecule has 53 heavy (non-hydrogen) atoms. The monoisotopic (exact) mass is 823 g/mol. The summed E-state index contributed by atoms with van der Waals surface area (Å²) in [7, 11) is 0. The average Bonchev–Trinajstić information content (AvgIpc) is 3.54. The van der Waals surface area contributed by atoms with Gasteiger partial charge >= 0.3 is 41.5 Å². The average molecular weight is 825 g/mol. The number of hydrogen-bond donors (Lipinski definition) is 9. The summed E-state index contributed by atoms with van der Waals surface area (Å²) in [5.74, 6) is -1.03. The van der Waals surface area contributed by atoms with E-state index in [4.69, 9.17) is 10.2 Å². The second-order valence-electron chi connectivity index (χ2n) is 12.9. The van der Waals surface area contributed by atoms with Crippen molar-refractivity contribution in [1.82, 2.24) is 5.32 Å². The molecule has 0 spiro atoms. The van der Waals surface area contributed by atoms with Crippen LogP contribution in [0.25, 0.3) is 0 Å². The van der Waals surface area contributed by atoms with E-state index in [1.807, 2.05) is 27.7 Å². The van der Waals surface area contributed by atoms with E-state index in [0.29, 0.717) is 18.9 Å². The molecule has 2 aliphatic heterocycles. The first-order valence-electron chi connectivity index (χ1n) is 17.3. The van der Waals surface area contributed by atoms with Crippen LogP contribution in [-0.2, 0) is 28.7 Å². The van der Waals surface area contributed by atoms with Gasteiger partial charge in [-0.3, -0.25) is 9.59 Å². The molecule has 0 bridgehead atoms. The molecule has 0 saturated carbocycles. The van der Waals surface area contributed by atoms with E-state index < -0.39 is 72.5 Å². The molecule has 0 radical (unpaired) electrons. The Hall–Kier alpha value is -0.700. The molecule has 2 saturated heterocycles. The number of aliphatic hydroxyl groups is 6. The Morgan fingerprint density at radius 3 is 1.34 bits per heavy atom. The van der Waals surface area contributed by atoms with Gasteiger partial charge in [0.25, 0.3) is 5.91 Å². The Morgan fingerprint density at radius 2 is 1.04 bits per heavy atom. The predicted molar refractivity (Wildman–Crippen MR) is 185 cm³/mol. The number of nitrogens with one attached hydrogen (secondary N) is 1. The van der Waals surface area contributed by atoms with Crippen LogP contribution in [0.2, 0.25) is 0 Å². The third kappa shape index (κ3) is 26.0. The zero-order valence-electron chi connectivity index (χ0n) is 32.5. The number of ether oxygens (including phenoxy) is 2. The first-order valence-corrected chi connectivity index (χ1v) is 17.3. The van der Waals surface area contributed by atoms with Crippen LogP contribution < -0.4 is 71.2 Å². The second-order valence-corrected chi connectivity index (χ2v) is 12.9. The maximum absolute atomic E-state index is 11.9. The van der Waals surface area contributed by atoms with Crippen molar-refractivity contribution in [2.75, 3.05) is 19.6 Å². The van der Waals surface area contributed by atoms with E-state index in [1.54, 1.807) is 0 Å². The number of halogens is 2. The molecule has 2 fully saturated rings. The van der Waals surface area contributed by atoms with Crippen LogP contribution in [0.5, 0.6) is 0 Å². The standard InChI is InChI=1S/C17H33NO6.C6H6O6.2C5H13N.CH4.2ClH.Na.H2O/c1-5-10(3)7-8-12(19)13(20)14(21)15(22)16(23)17(24)18-9-11(4)6-2;7-1-3-4(12-5(1)9)2(8)6(10)11-3;2*1-3-5(2)4-6;;;;;/h10-11,13-16,20-23H,5-9H2,1-4H3,(H,18,24);1-4,7-8H;2*5H,3-4,6H2,1-2H3;1H4;2*1H;;1H2/q;;;;;;;+1;/p-1/t10?,11?,13-,14-,15+,16-;1-,2+,3-,4-;;;;;;;/m11......./s1. The fraction of sp³-hybridized carbons (Fsp3) is 0.882. The third-order valence-corrected chi connectivity index (χ3v) is 8.81. The number of carbonyl (C=O) groups excluding carboxylic acids is 4. The number of aliphatic hydroxyl groups excluding tert-OH is 6. The van der Waals surface area contributed by atoms with Crippen molar-refractivity contribution in [2.45, 2.75) is 150 Å². The van der Waals surface area contributed by atoms with Gasteiger partial charge in [0, 0.05) is 24.8 Å². The molecule has 0 aromatic heterocycles. The second kappa shape index (κ2) is 36.9. The molecule has 2 rings (SSSR count). The summed E-state index contributed by atoms with van der Waals surface area (Å²) in [5, 5.41) is 59.9. The Bertz CT molecular complexity index is 868. The Balaban J connectivity index is -0.000000122. The molecule has 0 aromatic carbocycles. The number of fused-ring (bicyclic) bond motifs is 1. The molecule has 19 heteroatoms. The van der Waals surface area contributed by atoms with Crippen LogP contribution in [0, 0.1) is 23.7 Å². The Morgan fingerprint density at radius 1 is 0.698 bits per heavy atom. The number of hydrogen-bond acceptors (Lipinski definition) is 13. The summed E-state index contributed by atoms with van der Waals surface area (Å²) in [6.07, 6.45) is -7.72. The van der Waals surface area contributed by atoms with Gasteiger partial charge in [-0.05, 0) is 31.1 Å². The van der Waals surface area contributed by atoms with E-state index >= 15 is 0 Å². The molecule has 12 atom stereocenters. The van der Waals surface area contributed by atoms with Gasteiger partial charge in [0.1, 0.15) is 18.3 Å². The number of Topliss-reactive ketones (excluding diaryl/α,β-unsaturated/α-hetero) is 1. The number of carbonyl (C=O) groups is 4. The van der Waals surface area contributed by atoms with Crippen LogP contribution in [0.4, 0.5) is 0 Å². The first-order chi connectivity index (χ1) is 22.4. The fourth-order valence-electron chi connectivity index (χ4n) is 3.69. The predicted octanol–water partition coefficient (Wildman–Crippen LogP) is -10.4. The largest absolute Gasteiger partial charge is 1.00 e. The quantitative estimate of drug-likeness (QED) is 0.0517. The minimum Gasteiger partial charge on any atom is -1.00 e. The fourth-order valence-corrected chi connectivity index (χ4v) is 3.69.